The van der Waals surface area contributed by atoms with Gasteiger partial charge in [-0.1, -0.05) is 115 Å². The Hall–Kier alpha value is -8.67. The topological polar surface area (TPSA) is 122 Å². The second kappa shape index (κ2) is 16.8. The van der Waals surface area contributed by atoms with Crippen LogP contribution in [0.2, 0.25) is 0 Å². The Morgan fingerprint density at radius 3 is 1.88 bits per heavy atom. The number of quaternary nitrogens is 1. The fourth-order valence-corrected chi connectivity index (χ4v) is 8.92. The number of azo groups is 2. The van der Waals surface area contributed by atoms with E-state index in [0.29, 0.717) is 56.6 Å². The van der Waals surface area contributed by atoms with Crippen LogP contribution in [0.4, 0.5) is 39.8 Å². The Balaban J connectivity index is 1.03. The largest absolute Gasteiger partial charge is 0.494 e. The number of rotatable bonds is 11. The summed E-state index contributed by atoms with van der Waals surface area (Å²) < 4.78 is 11.8. The Morgan fingerprint density at radius 2 is 1.18 bits per heavy atom. The summed E-state index contributed by atoms with van der Waals surface area (Å²) in [6, 6.07) is 53.0. The van der Waals surface area contributed by atoms with E-state index in [4.69, 9.17) is 24.8 Å². The highest BCUT2D eigenvalue weighted by Gasteiger charge is 2.35. The molecule has 0 N–H and O–H groups in total. The van der Waals surface area contributed by atoms with Gasteiger partial charge in [0.05, 0.1) is 38.2 Å². The smallest absolute Gasteiger partial charge is 0.311 e. The Kier molecular flexibility index (Phi) is 10.5. The minimum Gasteiger partial charge on any atom is -0.494 e. The Morgan fingerprint density at radius 1 is 0.576 bits per heavy atom. The maximum Gasteiger partial charge on any atom is 0.311 e. The second-order valence-electron chi connectivity index (χ2n) is 16.1. The quantitative estimate of drug-likeness (QED) is 0.0728. The first-order chi connectivity index (χ1) is 32.2. The van der Waals surface area contributed by atoms with Crippen molar-refractivity contribution >= 4 is 90.2 Å². The van der Waals surface area contributed by atoms with Gasteiger partial charge in [-0.2, -0.15) is 9.60 Å². The molecule has 1 atom stereocenters. The second-order valence-corrected chi connectivity index (χ2v) is 16.1. The summed E-state index contributed by atoms with van der Waals surface area (Å²) in [5, 5.41) is 23.7. The zero-order valence-electron chi connectivity index (χ0n) is 36.5. The number of carbonyl (C=O) groups excluding carboxylic acids is 3. The van der Waals surface area contributed by atoms with Crippen LogP contribution < -0.4 is 18.9 Å². The maximum absolute atomic E-state index is 14.5. The molecule has 0 spiro atoms. The lowest BCUT2D eigenvalue weighted by Gasteiger charge is -2.28. The van der Waals surface area contributed by atoms with E-state index >= 15 is 0 Å². The minimum atomic E-state index is -0.258. The van der Waals surface area contributed by atoms with Crippen molar-refractivity contribution in [2.75, 3.05) is 33.2 Å². The van der Waals surface area contributed by atoms with Crippen LogP contribution >= 0.6 is 0 Å². The molecule has 10 rings (SSSR count). The van der Waals surface area contributed by atoms with E-state index in [2.05, 4.69) is 5.11 Å². The lowest BCUT2D eigenvalue weighted by atomic mass is 9.82. The summed E-state index contributed by atoms with van der Waals surface area (Å²) in [6.07, 6.45) is 0.871. The van der Waals surface area contributed by atoms with Crippen LogP contribution in [0.3, 0.4) is 0 Å². The van der Waals surface area contributed by atoms with Gasteiger partial charge in [-0.05, 0) is 58.3 Å². The monoisotopic (exact) mass is 865 g/mol. The van der Waals surface area contributed by atoms with Crippen LogP contribution in [0.25, 0.3) is 43.4 Å². The molecule has 9 aromatic carbocycles. The lowest BCUT2D eigenvalue weighted by molar-refractivity contribution is -0.114. The maximum atomic E-state index is 14.5. The average Bonchev–Trinajstić information content (AvgIpc) is 3.37. The molecule has 0 aromatic heterocycles. The molecular formula is C55H41N6O5+. The van der Waals surface area contributed by atoms with Crippen molar-refractivity contribution in [2.24, 2.45) is 20.5 Å². The van der Waals surface area contributed by atoms with E-state index in [1.165, 1.54) is 7.11 Å². The highest BCUT2D eigenvalue weighted by atomic mass is 16.5. The number of fused-ring (bicyclic) bond motifs is 4. The van der Waals surface area contributed by atoms with Gasteiger partial charge in [0.15, 0.2) is 17.2 Å². The number of carbonyl (C=O) groups is 3. The standard InChI is InChI=1S/C55H41N6O5/c1-60(37-18-7-5-8-19-37)55(64)46-30-34-16-11-13-22-39(34)50(53(46)65-3)59-57-47-29-28-42-41-27-26-36(32-45(41)52(63)44-25-15-24-43(47)49(42)44)56-58-51-40-23-14-12-17-35(40)31-48(54(51)66-4)61(2,33-62)38-20-9-6-10-21-38/h5-33H,1-4H3/q+1. The molecule has 9 aromatic rings. The average molecular weight is 866 g/mol. The van der Waals surface area contributed by atoms with E-state index in [1.807, 2.05) is 171 Å². The van der Waals surface area contributed by atoms with Gasteiger partial charge in [0.1, 0.15) is 17.1 Å². The number of benzene rings is 9. The van der Waals surface area contributed by atoms with E-state index in [9.17, 15) is 14.4 Å². The molecule has 0 bridgehead atoms. The highest BCUT2D eigenvalue weighted by molar-refractivity contribution is 6.27. The first-order valence-corrected chi connectivity index (χ1v) is 21.2. The minimum absolute atomic E-state index is 0.164. The summed E-state index contributed by atoms with van der Waals surface area (Å²) in [4.78, 5) is 43.0. The zero-order valence-corrected chi connectivity index (χ0v) is 36.5. The lowest BCUT2D eigenvalue weighted by Crippen LogP contribution is -2.38. The summed E-state index contributed by atoms with van der Waals surface area (Å²) in [6.45, 7) is 0. The SMILES string of the molecule is COc1c(C(=O)N(C)c2ccccc2)cc2ccccc2c1N=Nc1ccc2c3c(cccc13)C(=O)c1cc(N=Nc3c(OC)c([N+](C)(C=O)c4ccccc4)cc4ccccc34)ccc1-2. The van der Waals surface area contributed by atoms with Gasteiger partial charge in [0.2, 0.25) is 5.75 Å². The molecule has 66 heavy (non-hydrogen) atoms. The van der Waals surface area contributed by atoms with Crippen molar-refractivity contribution in [2.45, 2.75) is 0 Å². The molecular weight excluding hydrogens is 825 g/mol. The van der Waals surface area contributed by atoms with Crippen molar-refractivity contribution in [1.82, 2.24) is 4.48 Å². The van der Waals surface area contributed by atoms with Crippen LogP contribution in [0, 0.1) is 0 Å². The molecule has 1 aliphatic rings. The highest BCUT2D eigenvalue weighted by Crippen LogP contribution is 2.50. The number of anilines is 1. The molecule has 0 saturated carbocycles. The first kappa shape index (κ1) is 41.3. The number of ether oxygens (including phenoxy) is 2. The van der Waals surface area contributed by atoms with Crippen molar-refractivity contribution < 1.29 is 23.9 Å². The Bertz CT molecular complexity index is 3500. The Labute approximate surface area is 380 Å². The van der Waals surface area contributed by atoms with Crippen LogP contribution in [0.1, 0.15) is 26.3 Å². The van der Waals surface area contributed by atoms with Crippen LogP contribution in [0.15, 0.2) is 190 Å². The number of hydrogen-bond acceptors (Lipinski definition) is 9. The number of hydrogen-bond donors (Lipinski definition) is 0. The fourth-order valence-electron chi connectivity index (χ4n) is 8.92. The molecule has 0 fully saturated rings. The van der Waals surface area contributed by atoms with Crippen LogP contribution in [0.5, 0.6) is 11.5 Å². The van der Waals surface area contributed by atoms with Gasteiger partial charge in [0, 0.05) is 63.6 Å². The third kappa shape index (κ3) is 6.86. The van der Waals surface area contributed by atoms with Gasteiger partial charge < -0.3 is 14.4 Å². The summed E-state index contributed by atoms with van der Waals surface area (Å²) in [7, 11) is 6.61. The molecule has 2 amide bonds. The van der Waals surface area contributed by atoms with Crippen LogP contribution in [-0.2, 0) is 4.79 Å². The molecule has 1 unspecified atom stereocenters. The molecule has 0 heterocycles. The van der Waals surface area contributed by atoms with Crippen molar-refractivity contribution in [1.29, 1.82) is 0 Å². The number of para-hydroxylation sites is 2. The summed E-state index contributed by atoms with van der Waals surface area (Å²) >= 11 is 0. The van der Waals surface area contributed by atoms with Crippen LogP contribution in [-0.4, -0.2) is 46.4 Å². The molecule has 11 heteroatoms. The summed E-state index contributed by atoms with van der Waals surface area (Å²) in [5.41, 5.74) is 6.93. The van der Waals surface area contributed by atoms with Gasteiger partial charge >= 0.3 is 6.41 Å². The normalized spacial score (nSPS) is 13.0. The van der Waals surface area contributed by atoms with Crippen molar-refractivity contribution in [3.8, 4) is 22.6 Å². The number of methoxy groups -OCH3 is 2. The molecule has 0 radical (unpaired) electrons. The van der Waals surface area contributed by atoms with E-state index in [0.717, 1.165) is 61.2 Å². The molecule has 320 valence electrons. The molecule has 11 nitrogen and oxygen atoms in total. The van der Waals surface area contributed by atoms with Crippen molar-refractivity contribution in [3.05, 3.63) is 187 Å². The first-order valence-electron chi connectivity index (χ1n) is 21.2. The van der Waals surface area contributed by atoms with Gasteiger partial charge in [-0.15, -0.1) is 15.3 Å². The van der Waals surface area contributed by atoms with E-state index in [1.54, 1.807) is 25.1 Å². The molecule has 1 aliphatic carbocycles. The zero-order chi connectivity index (χ0) is 45.5. The predicted octanol–water partition coefficient (Wildman–Crippen LogP) is 13.9. The number of nitrogens with zero attached hydrogens (tertiary/aromatic N) is 6. The fraction of sp³-hybridized carbons (Fsp3) is 0.0727. The van der Waals surface area contributed by atoms with Crippen molar-refractivity contribution in [3.63, 3.8) is 0 Å². The third-order valence-corrected chi connectivity index (χ3v) is 12.3. The molecule has 0 aliphatic heterocycles. The van der Waals surface area contributed by atoms with E-state index < -0.39 is 0 Å². The predicted molar refractivity (Wildman–Crippen MR) is 261 cm³/mol. The van der Waals surface area contributed by atoms with Gasteiger partial charge in [-0.3, -0.25) is 9.59 Å². The number of amides is 2. The summed E-state index contributed by atoms with van der Waals surface area (Å²) in [5.74, 6) is 0.283. The number of ketones is 1. The van der Waals surface area contributed by atoms with Gasteiger partial charge in [-0.25, -0.2) is 4.79 Å². The van der Waals surface area contributed by atoms with Gasteiger partial charge in [0.25, 0.3) is 5.91 Å². The molecule has 0 saturated heterocycles. The van der Waals surface area contributed by atoms with E-state index in [-0.39, 0.29) is 16.2 Å². The third-order valence-electron chi connectivity index (χ3n) is 12.3.